The summed E-state index contributed by atoms with van der Waals surface area (Å²) < 4.78 is 4.71. The second kappa shape index (κ2) is 4.62. The molecule has 2 aliphatic carbocycles. The Morgan fingerprint density at radius 1 is 1.45 bits per heavy atom. The normalized spacial score (nSPS) is 32.3. The van der Waals surface area contributed by atoms with Crippen LogP contribution >= 0.6 is 0 Å². The Labute approximate surface area is 118 Å². The fraction of sp³-hybridized carbons (Fsp3) is 0.667. The minimum atomic E-state index is -1.21. The number of nitriles is 1. The minimum Gasteiger partial charge on any atom is -0.512 e. The SMILES string of the molecule is COC(=O)C1=C(O)CC[C@]2(C#N)C(=O)C(C)(C)CC[C@H]12. The largest absolute Gasteiger partial charge is 0.512 e. The number of esters is 1. The smallest absolute Gasteiger partial charge is 0.337 e. The predicted octanol–water partition coefficient (Wildman–Crippen LogP) is 2.28. The van der Waals surface area contributed by atoms with Crippen LogP contribution in [0.25, 0.3) is 0 Å². The van der Waals surface area contributed by atoms with Gasteiger partial charge in [-0.1, -0.05) is 13.8 Å². The molecular weight excluding hydrogens is 258 g/mol. The number of hydrogen-bond acceptors (Lipinski definition) is 5. The van der Waals surface area contributed by atoms with Crippen molar-refractivity contribution in [3.8, 4) is 6.07 Å². The van der Waals surface area contributed by atoms with Gasteiger partial charge in [0, 0.05) is 17.8 Å². The van der Waals surface area contributed by atoms with Gasteiger partial charge in [0.1, 0.15) is 11.2 Å². The summed E-state index contributed by atoms with van der Waals surface area (Å²) in [6, 6.07) is 2.15. The highest BCUT2D eigenvalue weighted by molar-refractivity contribution is 5.98. The Hall–Kier alpha value is -1.83. The van der Waals surface area contributed by atoms with E-state index in [-0.39, 0.29) is 30.0 Å². The average Bonchev–Trinajstić information content (AvgIpc) is 2.43. The summed E-state index contributed by atoms with van der Waals surface area (Å²) in [7, 11) is 1.24. The molecule has 2 aliphatic rings. The summed E-state index contributed by atoms with van der Waals surface area (Å²) in [6.07, 6.45) is 1.55. The van der Waals surface area contributed by atoms with E-state index in [2.05, 4.69) is 6.07 Å². The summed E-state index contributed by atoms with van der Waals surface area (Å²) in [6.45, 7) is 3.67. The number of carbonyl (C=O) groups excluding carboxylic acids is 2. The average molecular weight is 277 g/mol. The zero-order valence-corrected chi connectivity index (χ0v) is 12.0. The Kier molecular flexibility index (Phi) is 3.37. The van der Waals surface area contributed by atoms with E-state index in [0.717, 1.165) is 0 Å². The molecular formula is C15H19NO4. The van der Waals surface area contributed by atoms with Gasteiger partial charge < -0.3 is 9.84 Å². The third-order valence-electron chi connectivity index (χ3n) is 4.69. The van der Waals surface area contributed by atoms with Crippen molar-refractivity contribution in [3.63, 3.8) is 0 Å². The number of fused-ring (bicyclic) bond motifs is 1. The summed E-state index contributed by atoms with van der Waals surface area (Å²) in [4.78, 5) is 24.6. The van der Waals surface area contributed by atoms with Crippen LogP contribution in [0.2, 0.25) is 0 Å². The fourth-order valence-electron chi connectivity index (χ4n) is 3.51. The molecule has 0 radical (unpaired) electrons. The van der Waals surface area contributed by atoms with Crippen LogP contribution in [0.15, 0.2) is 11.3 Å². The predicted molar refractivity (Wildman–Crippen MR) is 70.5 cm³/mol. The second-order valence-corrected chi connectivity index (χ2v) is 6.24. The van der Waals surface area contributed by atoms with Gasteiger partial charge >= 0.3 is 5.97 Å². The third-order valence-corrected chi connectivity index (χ3v) is 4.69. The van der Waals surface area contributed by atoms with E-state index in [1.54, 1.807) is 0 Å². The molecule has 20 heavy (non-hydrogen) atoms. The molecule has 0 unspecified atom stereocenters. The molecule has 0 amide bonds. The van der Waals surface area contributed by atoms with Crippen molar-refractivity contribution in [2.24, 2.45) is 16.7 Å². The zero-order chi connectivity index (χ0) is 15.1. The van der Waals surface area contributed by atoms with Crippen molar-refractivity contribution < 1.29 is 19.4 Å². The molecule has 0 aromatic carbocycles. The Bertz CT molecular complexity index is 541. The topological polar surface area (TPSA) is 87.4 Å². The summed E-state index contributed by atoms with van der Waals surface area (Å²) in [5, 5.41) is 19.6. The van der Waals surface area contributed by atoms with E-state index in [4.69, 9.17) is 4.74 Å². The van der Waals surface area contributed by atoms with Gasteiger partial charge in [-0.3, -0.25) is 4.79 Å². The van der Waals surface area contributed by atoms with Crippen LogP contribution in [0.4, 0.5) is 0 Å². The molecule has 0 aromatic rings. The number of aliphatic hydroxyl groups is 1. The lowest BCUT2D eigenvalue weighted by Gasteiger charge is -2.47. The molecule has 1 N–H and O–H groups in total. The van der Waals surface area contributed by atoms with Gasteiger partial charge in [0.25, 0.3) is 0 Å². The molecule has 0 bridgehead atoms. The van der Waals surface area contributed by atoms with Crippen LogP contribution in [-0.4, -0.2) is 24.0 Å². The lowest BCUT2D eigenvalue weighted by molar-refractivity contribution is -0.145. The van der Waals surface area contributed by atoms with E-state index in [1.807, 2.05) is 13.8 Å². The number of Topliss-reactive ketones (excluding diaryl/α,β-unsaturated/α-hetero) is 1. The fourth-order valence-corrected chi connectivity index (χ4v) is 3.51. The third kappa shape index (κ3) is 1.82. The summed E-state index contributed by atoms with van der Waals surface area (Å²) in [5.74, 6) is -1.37. The number of ether oxygens (including phenoxy) is 1. The van der Waals surface area contributed by atoms with Crippen molar-refractivity contribution in [3.05, 3.63) is 11.3 Å². The van der Waals surface area contributed by atoms with Crippen molar-refractivity contribution in [1.82, 2.24) is 0 Å². The Morgan fingerprint density at radius 3 is 2.65 bits per heavy atom. The molecule has 5 nitrogen and oxygen atoms in total. The lowest BCUT2D eigenvalue weighted by atomic mass is 9.53. The molecule has 5 heteroatoms. The van der Waals surface area contributed by atoms with E-state index >= 15 is 0 Å². The van der Waals surface area contributed by atoms with Gasteiger partial charge in [-0.25, -0.2) is 4.79 Å². The van der Waals surface area contributed by atoms with Crippen molar-refractivity contribution in [1.29, 1.82) is 5.26 Å². The van der Waals surface area contributed by atoms with Gasteiger partial charge in [0.2, 0.25) is 0 Å². The van der Waals surface area contributed by atoms with Gasteiger partial charge in [-0.2, -0.15) is 5.26 Å². The zero-order valence-electron chi connectivity index (χ0n) is 12.0. The van der Waals surface area contributed by atoms with Gasteiger partial charge in [-0.05, 0) is 19.3 Å². The number of carbonyl (C=O) groups is 2. The molecule has 2 rings (SSSR count). The molecule has 2 atom stereocenters. The number of nitrogens with zero attached hydrogens (tertiary/aromatic N) is 1. The van der Waals surface area contributed by atoms with Crippen LogP contribution in [0.1, 0.15) is 39.5 Å². The maximum Gasteiger partial charge on any atom is 0.337 e. The first-order valence-electron chi connectivity index (χ1n) is 6.76. The van der Waals surface area contributed by atoms with Crippen LogP contribution in [0, 0.1) is 28.1 Å². The van der Waals surface area contributed by atoms with Gasteiger partial charge in [0.05, 0.1) is 18.8 Å². The number of hydrogen-bond donors (Lipinski definition) is 1. The highest BCUT2D eigenvalue weighted by Crippen LogP contribution is 2.54. The number of aliphatic hydroxyl groups excluding tert-OH is 1. The van der Waals surface area contributed by atoms with Crippen molar-refractivity contribution in [2.75, 3.05) is 7.11 Å². The van der Waals surface area contributed by atoms with E-state index < -0.39 is 22.7 Å². The van der Waals surface area contributed by atoms with Crippen LogP contribution < -0.4 is 0 Å². The van der Waals surface area contributed by atoms with Crippen LogP contribution in [0.3, 0.4) is 0 Å². The molecule has 1 fully saturated rings. The molecule has 0 aliphatic heterocycles. The van der Waals surface area contributed by atoms with Crippen molar-refractivity contribution in [2.45, 2.75) is 39.5 Å². The Morgan fingerprint density at radius 2 is 2.10 bits per heavy atom. The van der Waals surface area contributed by atoms with E-state index in [0.29, 0.717) is 12.8 Å². The second-order valence-electron chi connectivity index (χ2n) is 6.24. The van der Waals surface area contributed by atoms with Crippen LogP contribution in [0.5, 0.6) is 0 Å². The number of methoxy groups -OCH3 is 1. The van der Waals surface area contributed by atoms with E-state index in [1.165, 1.54) is 7.11 Å². The van der Waals surface area contributed by atoms with Crippen LogP contribution in [-0.2, 0) is 14.3 Å². The highest BCUT2D eigenvalue weighted by Gasteiger charge is 2.58. The minimum absolute atomic E-state index is 0.0415. The van der Waals surface area contributed by atoms with Gasteiger partial charge in [0.15, 0.2) is 5.78 Å². The molecule has 108 valence electrons. The first-order chi connectivity index (χ1) is 9.30. The first kappa shape index (κ1) is 14.6. The molecule has 0 heterocycles. The number of allylic oxidation sites excluding steroid dienone is 1. The molecule has 0 saturated heterocycles. The molecule has 1 saturated carbocycles. The molecule has 0 spiro atoms. The summed E-state index contributed by atoms with van der Waals surface area (Å²) in [5.41, 5.74) is -1.66. The highest BCUT2D eigenvalue weighted by atomic mass is 16.5. The van der Waals surface area contributed by atoms with Gasteiger partial charge in [-0.15, -0.1) is 0 Å². The van der Waals surface area contributed by atoms with Crippen molar-refractivity contribution >= 4 is 11.8 Å². The van der Waals surface area contributed by atoms with E-state index in [9.17, 15) is 20.0 Å². The number of rotatable bonds is 1. The lowest BCUT2D eigenvalue weighted by Crippen LogP contribution is -2.52. The summed E-state index contributed by atoms with van der Waals surface area (Å²) >= 11 is 0. The number of ketones is 1. The monoisotopic (exact) mass is 277 g/mol. The maximum absolute atomic E-state index is 12.7. The Balaban J connectivity index is 2.56. The first-order valence-corrected chi connectivity index (χ1v) is 6.76. The standard InChI is InChI=1S/C15H19NO4/c1-14(2)6-4-9-11(12(18)20-3)10(17)5-7-15(9,8-16)13(14)19/h9,17H,4-7H2,1-3H3/t9-,15-/m1/s1. The quantitative estimate of drug-likeness (QED) is 0.743. The molecule has 0 aromatic heterocycles. The maximum atomic E-state index is 12.7.